The van der Waals surface area contributed by atoms with E-state index in [4.69, 9.17) is 5.73 Å². The Morgan fingerprint density at radius 3 is 2.84 bits per heavy atom. The van der Waals surface area contributed by atoms with Crippen molar-refractivity contribution in [1.29, 1.82) is 0 Å². The van der Waals surface area contributed by atoms with Crippen molar-refractivity contribution in [2.75, 3.05) is 0 Å². The van der Waals surface area contributed by atoms with E-state index in [1.165, 1.54) is 0 Å². The largest absolute Gasteiger partial charge is 0.347 e. The Labute approximate surface area is 115 Å². The Kier molecular flexibility index (Phi) is 3.39. The fraction of sp³-hybridized carbons (Fsp3) is 0.143. The number of H-pyrrole nitrogens is 1. The van der Waals surface area contributed by atoms with Crippen LogP contribution in [0.15, 0.2) is 48.1 Å². The highest BCUT2D eigenvalue weighted by atomic mass is 32.1. The number of nitrogens with two attached hydrogens (primary N) is 1. The van der Waals surface area contributed by atoms with E-state index in [2.05, 4.69) is 32.5 Å². The third kappa shape index (κ3) is 2.72. The lowest BCUT2D eigenvalue weighted by Gasteiger charge is -2.05. The van der Waals surface area contributed by atoms with Gasteiger partial charge in [-0.2, -0.15) is 0 Å². The molecule has 5 heteroatoms. The maximum Gasteiger partial charge on any atom is 0.123 e. The molecule has 0 saturated carbocycles. The molecule has 0 spiro atoms. The van der Waals surface area contributed by atoms with Crippen molar-refractivity contribution in [3.8, 4) is 11.3 Å². The monoisotopic (exact) mass is 270 g/mol. The van der Waals surface area contributed by atoms with E-state index in [9.17, 15) is 0 Å². The van der Waals surface area contributed by atoms with Crippen molar-refractivity contribution in [3.63, 3.8) is 0 Å². The molecular weight excluding hydrogens is 256 g/mol. The van der Waals surface area contributed by atoms with Gasteiger partial charge >= 0.3 is 0 Å². The molecule has 3 rings (SSSR count). The minimum absolute atomic E-state index is 0.134. The van der Waals surface area contributed by atoms with Crippen LogP contribution in [0.2, 0.25) is 0 Å². The lowest BCUT2D eigenvalue weighted by atomic mass is 10.2. The van der Waals surface area contributed by atoms with Crippen LogP contribution < -0.4 is 5.73 Å². The molecule has 0 saturated heterocycles. The molecule has 3 N–H and O–H groups in total. The predicted molar refractivity (Wildman–Crippen MR) is 76.8 cm³/mol. The first-order chi connectivity index (χ1) is 9.33. The van der Waals surface area contributed by atoms with E-state index in [0.29, 0.717) is 6.42 Å². The van der Waals surface area contributed by atoms with Crippen LogP contribution in [-0.4, -0.2) is 15.0 Å². The van der Waals surface area contributed by atoms with Crippen LogP contribution in [0.1, 0.15) is 16.9 Å². The topological polar surface area (TPSA) is 67.6 Å². The summed E-state index contributed by atoms with van der Waals surface area (Å²) >= 11 is 1.64. The van der Waals surface area contributed by atoms with Crippen LogP contribution >= 0.6 is 11.3 Å². The van der Waals surface area contributed by atoms with Gasteiger partial charge in [-0.1, -0.05) is 30.3 Å². The number of thiazole rings is 1. The van der Waals surface area contributed by atoms with Crippen molar-refractivity contribution in [2.45, 2.75) is 12.5 Å². The van der Waals surface area contributed by atoms with Gasteiger partial charge in [-0.05, 0) is 0 Å². The molecule has 0 radical (unpaired) electrons. The Bertz CT molecular complexity index is 631. The van der Waals surface area contributed by atoms with Gasteiger partial charge in [0.05, 0.1) is 16.7 Å². The summed E-state index contributed by atoms with van der Waals surface area (Å²) in [5.41, 5.74) is 8.23. The molecule has 1 aromatic carbocycles. The number of aromatic amines is 1. The second kappa shape index (κ2) is 5.34. The van der Waals surface area contributed by atoms with Gasteiger partial charge in [-0.25, -0.2) is 9.97 Å². The highest BCUT2D eigenvalue weighted by molar-refractivity contribution is 7.09. The van der Waals surface area contributed by atoms with Crippen molar-refractivity contribution < 1.29 is 0 Å². The van der Waals surface area contributed by atoms with Crippen molar-refractivity contribution in [3.05, 3.63) is 58.9 Å². The van der Waals surface area contributed by atoms with Gasteiger partial charge in [0.2, 0.25) is 0 Å². The smallest absolute Gasteiger partial charge is 0.123 e. The lowest BCUT2D eigenvalue weighted by Crippen LogP contribution is -2.14. The van der Waals surface area contributed by atoms with Crippen LogP contribution in [0.3, 0.4) is 0 Å². The molecule has 96 valence electrons. The number of aromatic nitrogens is 3. The summed E-state index contributed by atoms with van der Waals surface area (Å²) in [7, 11) is 0. The predicted octanol–water partition coefficient (Wildman–Crippen LogP) is 2.78. The highest BCUT2D eigenvalue weighted by Crippen LogP contribution is 2.23. The first-order valence-corrected chi connectivity index (χ1v) is 6.95. The molecule has 0 bridgehead atoms. The minimum Gasteiger partial charge on any atom is -0.347 e. The fourth-order valence-electron chi connectivity index (χ4n) is 1.91. The Morgan fingerprint density at radius 2 is 2.11 bits per heavy atom. The molecule has 19 heavy (non-hydrogen) atoms. The number of benzene rings is 1. The first-order valence-electron chi connectivity index (χ1n) is 6.07. The molecule has 0 aliphatic heterocycles. The van der Waals surface area contributed by atoms with Crippen LogP contribution in [-0.2, 0) is 6.42 Å². The molecule has 0 aliphatic rings. The summed E-state index contributed by atoms with van der Waals surface area (Å²) in [6.07, 6.45) is 4.20. The van der Waals surface area contributed by atoms with Gasteiger partial charge in [0.15, 0.2) is 0 Å². The molecule has 0 aliphatic carbocycles. The van der Waals surface area contributed by atoms with Crippen molar-refractivity contribution in [1.82, 2.24) is 15.0 Å². The normalized spacial score (nSPS) is 12.5. The molecule has 2 heterocycles. The summed E-state index contributed by atoms with van der Waals surface area (Å²) in [6, 6.07) is 10.0. The molecule has 0 amide bonds. The van der Waals surface area contributed by atoms with Crippen LogP contribution in [0.4, 0.5) is 0 Å². The van der Waals surface area contributed by atoms with Gasteiger partial charge < -0.3 is 10.7 Å². The Hall–Kier alpha value is -1.98. The van der Waals surface area contributed by atoms with Crippen LogP contribution in [0.25, 0.3) is 11.3 Å². The summed E-state index contributed by atoms with van der Waals surface area (Å²) < 4.78 is 0. The molecule has 2 aromatic heterocycles. The van der Waals surface area contributed by atoms with Gasteiger partial charge in [0, 0.05) is 29.8 Å². The number of imidazole rings is 1. The molecule has 1 atom stereocenters. The number of hydrogen-bond donors (Lipinski definition) is 2. The zero-order valence-corrected chi connectivity index (χ0v) is 11.1. The standard InChI is InChI=1S/C14H14N4S/c15-11(14-16-6-7-17-14)8-13-18-12(9-19-13)10-4-2-1-3-5-10/h1-7,9,11H,8,15H2,(H,16,17). The summed E-state index contributed by atoms with van der Waals surface area (Å²) in [4.78, 5) is 11.8. The van der Waals surface area contributed by atoms with E-state index >= 15 is 0 Å². The van der Waals surface area contributed by atoms with Crippen LogP contribution in [0, 0.1) is 0 Å². The van der Waals surface area contributed by atoms with Crippen LogP contribution in [0.5, 0.6) is 0 Å². The summed E-state index contributed by atoms with van der Waals surface area (Å²) in [5, 5.41) is 3.10. The maximum absolute atomic E-state index is 6.09. The number of hydrogen-bond acceptors (Lipinski definition) is 4. The third-order valence-electron chi connectivity index (χ3n) is 2.89. The Morgan fingerprint density at radius 1 is 1.26 bits per heavy atom. The second-order valence-corrected chi connectivity index (χ2v) is 5.22. The van der Waals surface area contributed by atoms with Gasteiger partial charge in [-0.3, -0.25) is 0 Å². The average molecular weight is 270 g/mol. The van der Waals surface area contributed by atoms with E-state index in [-0.39, 0.29) is 6.04 Å². The Balaban J connectivity index is 1.75. The van der Waals surface area contributed by atoms with Gasteiger partial charge in [0.25, 0.3) is 0 Å². The quantitative estimate of drug-likeness (QED) is 0.766. The highest BCUT2D eigenvalue weighted by Gasteiger charge is 2.12. The van der Waals surface area contributed by atoms with E-state index < -0.39 is 0 Å². The molecule has 4 nitrogen and oxygen atoms in total. The fourth-order valence-corrected chi connectivity index (χ4v) is 2.77. The molecule has 1 unspecified atom stereocenters. The van der Waals surface area contributed by atoms with Gasteiger partial charge in [-0.15, -0.1) is 11.3 Å². The number of nitrogens with one attached hydrogen (secondary N) is 1. The van der Waals surface area contributed by atoms with E-state index in [0.717, 1.165) is 22.1 Å². The molecule has 3 aromatic rings. The second-order valence-electron chi connectivity index (χ2n) is 4.28. The molecular formula is C14H14N4S. The van der Waals surface area contributed by atoms with Gasteiger partial charge in [0.1, 0.15) is 5.82 Å². The van der Waals surface area contributed by atoms with E-state index in [1.54, 1.807) is 23.7 Å². The maximum atomic E-state index is 6.09. The first kappa shape index (κ1) is 12.1. The van der Waals surface area contributed by atoms with E-state index in [1.807, 2.05) is 18.2 Å². The van der Waals surface area contributed by atoms with Crippen molar-refractivity contribution in [2.24, 2.45) is 5.73 Å². The lowest BCUT2D eigenvalue weighted by molar-refractivity contribution is 0.675. The summed E-state index contributed by atoms with van der Waals surface area (Å²) in [6.45, 7) is 0. The third-order valence-corrected chi connectivity index (χ3v) is 3.76. The zero-order chi connectivity index (χ0) is 13.1. The zero-order valence-electron chi connectivity index (χ0n) is 10.3. The van der Waals surface area contributed by atoms with Crippen molar-refractivity contribution >= 4 is 11.3 Å². The molecule has 0 fully saturated rings. The average Bonchev–Trinajstić information content (AvgIpc) is 3.11. The summed E-state index contributed by atoms with van der Waals surface area (Å²) in [5.74, 6) is 0.802. The minimum atomic E-state index is -0.134. The SMILES string of the molecule is NC(Cc1nc(-c2ccccc2)cs1)c1ncc[nH]1. The number of rotatable bonds is 4. The number of nitrogens with zero attached hydrogens (tertiary/aromatic N) is 2.